The van der Waals surface area contributed by atoms with Crippen molar-refractivity contribution in [3.8, 4) is 5.75 Å². The number of hydrogen-bond donors (Lipinski definition) is 0. The Morgan fingerprint density at radius 1 is 1.17 bits per heavy atom. The Balaban J connectivity index is 2.11. The van der Waals surface area contributed by atoms with Gasteiger partial charge in [-0.3, -0.25) is 4.79 Å². The van der Waals surface area contributed by atoms with E-state index in [0.29, 0.717) is 5.56 Å². The Hall–Kier alpha value is -1.74. The van der Waals surface area contributed by atoms with Crippen molar-refractivity contribution in [2.75, 3.05) is 7.11 Å². The summed E-state index contributed by atoms with van der Waals surface area (Å²) in [4.78, 5) is 11.9. The quantitative estimate of drug-likeness (QED) is 0.602. The number of carbonyl (C=O) groups excluding carboxylic acids is 1. The summed E-state index contributed by atoms with van der Waals surface area (Å²) in [6.07, 6.45) is 0.830. The number of carbonyl (C=O) groups is 1. The van der Waals surface area contributed by atoms with E-state index in [1.54, 1.807) is 24.9 Å². The molecule has 0 saturated carbocycles. The van der Waals surface area contributed by atoms with Crippen molar-refractivity contribution in [2.45, 2.75) is 10.6 Å². The summed E-state index contributed by atoms with van der Waals surface area (Å²) in [6, 6.07) is 15.7. The van der Waals surface area contributed by atoms with Crippen LogP contribution >= 0.6 is 11.8 Å². The summed E-state index contributed by atoms with van der Waals surface area (Å²) in [6.45, 7) is 0. The highest BCUT2D eigenvalue weighted by Gasteiger charge is 2.05. The van der Waals surface area contributed by atoms with Crippen LogP contribution < -0.4 is 4.74 Å². The Morgan fingerprint density at radius 3 is 2.61 bits per heavy atom. The van der Waals surface area contributed by atoms with Crippen LogP contribution in [0, 0.1) is 0 Å². The number of rotatable bonds is 5. The largest absolute Gasteiger partial charge is 0.496 e. The fraction of sp³-hybridized carbons (Fsp3) is 0.133. The lowest BCUT2D eigenvalue weighted by Gasteiger charge is -2.08. The van der Waals surface area contributed by atoms with Crippen LogP contribution in [-0.2, 0) is 5.75 Å². The summed E-state index contributed by atoms with van der Waals surface area (Å²) in [5, 5.41) is 0. The van der Waals surface area contributed by atoms with E-state index in [1.807, 2.05) is 30.3 Å². The maximum atomic E-state index is 10.7. The van der Waals surface area contributed by atoms with Crippen molar-refractivity contribution in [3.05, 3.63) is 59.7 Å². The molecule has 18 heavy (non-hydrogen) atoms. The Bertz CT molecular complexity index is 523. The smallest absolute Gasteiger partial charge is 0.150 e. The minimum atomic E-state index is 0.639. The monoisotopic (exact) mass is 258 g/mol. The van der Waals surface area contributed by atoms with Crippen LogP contribution in [0.1, 0.15) is 15.9 Å². The summed E-state index contributed by atoms with van der Waals surface area (Å²) in [5.41, 5.74) is 1.73. The molecule has 0 spiro atoms. The Morgan fingerprint density at radius 2 is 1.94 bits per heavy atom. The predicted octanol–water partition coefficient (Wildman–Crippen LogP) is 3.80. The fourth-order valence-electron chi connectivity index (χ4n) is 1.63. The zero-order chi connectivity index (χ0) is 12.8. The molecule has 0 unspecified atom stereocenters. The van der Waals surface area contributed by atoms with Gasteiger partial charge in [0.2, 0.25) is 0 Å². The van der Waals surface area contributed by atoms with E-state index in [0.717, 1.165) is 23.4 Å². The lowest BCUT2D eigenvalue weighted by Crippen LogP contribution is -1.92. The molecule has 2 rings (SSSR count). The van der Waals surface area contributed by atoms with E-state index in [4.69, 9.17) is 4.74 Å². The Kier molecular flexibility index (Phi) is 4.42. The molecular weight excluding hydrogens is 244 g/mol. The maximum Gasteiger partial charge on any atom is 0.150 e. The second kappa shape index (κ2) is 6.26. The van der Waals surface area contributed by atoms with E-state index in [-0.39, 0.29) is 0 Å². The number of benzene rings is 2. The van der Waals surface area contributed by atoms with Crippen LogP contribution in [0.4, 0.5) is 0 Å². The van der Waals surface area contributed by atoms with Gasteiger partial charge < -0.3 is 4.74 Å². The molecule has 0 saturated heterocycles. The predicted molar refractivity (Wildman–Crippen MR) is 74.4 cm³/mol. The highest BCUT2D eigenvalue weighted by atomic mass is 32.2. The molecule has 0 atom stereocenters. The molecule has 0 aliphatic carbocycles. The van der Waals surface area contributed by atoms with Crippen LogP contribution in [0.15, 0.2) is 53.4 Å². The average Bonchev–Trinajstić information content (AvgIpc) is 2.46. The molecule has 92 valence electrons. The zero-order valence-corrected chi connectivity index (χ0v) is 10.9. The second-order valence-corrected chi connectivity index (χ2v) is 4.84. The van der Waals surface area contributed by atoms with Crippen LogP contribution in [-0.4, -0.2) is 13.4 Å². The van der Waals surface area contributed by atoms with Gasteiger partial charge in [0.1, 0.15) is 12.0 Å². The highest BCUT2D eigenvalue weighted by Crippen LogP contribution is 2.28. The topological polar surface area (TPSA) is 26.3 Å². The first-order valence-corrected chi connectivity index (χ1v) is 6.62. The molecule has 0 aliphatic rings. The van der Waals surface area contributed by atoms with E-state index >= 15 is 0 Å². The van der Waals surface area contributed by atoms with Crippen LogP contribution in [0.3, 0.4) is 0 Å². The molecule has 2 aromatic carbocycles. The van der Waals surface area contributed by atoms with Gasteiger partial charge in [0.05, 0.1) is 7.11 Å². The minimum Gasteiger partial charge on any atom is -0.496 e. The molecule has 0 N–H and O–H groups in total. The fourth-order valence-corrected chi connectivity index (χ4v) is 2.54. The first-order chi connectivity index (χ1) is 8.83. The van der Waals surface area contributed by atoms with Crippen molar-refractivity contribution in [2.24, 2.45) is 0 Å². The molecule has 0 heterocycles. The second-order valence-electron chi connectivity index (χ2n) is 3.79. The number of thioether (sulfide) groups is 1. The van der Waals surface area contributed by atoms with Crippen LogP contribution in [0.5, 0.6) is 5.75 Å². The number of aldehydes is 1. The van der Waals surface area contributed by atoms with Gasteiger partial charge in [-0.2, -0.15) is 0 Å². The van der Waals surface area contributed by atoms with Gasteiger partial charge >= 0.3 is 0 Å². The summed E-state index contributed by atoms with van der Waals surface area (Å²) in [5.74, 6) is 1.59. The Labute approximate surface area is 111 Å². The summed E-state index contributed by atoms with van der Waals surface area (Å²) < 4.78 is 5.30. The van der Waals surface area contributed by atoms with Crippen molar-refractivity contribution in [1.29, 1.82) is 0 Å². The van der Waals surface area contributed by atoms with E-state index < -0.39 is 0 Å². The molecule has 3 heteroatoms. The third-order valence-corrected chi connectivity index (χ3v) is 3.65. The van der Waals surface area contributed by atoms with Gasteiger partial charge in [0.25, 0.3) is 0 Å². The lowest BCUT2D eigenvalue weighted by molar-refractivity contribution is 0.112. The normalized spacial score (nSPS) is 10.1. The number of hydrogen-bond acceptors (Lipinski definition) is 3. The van der Waals surface area contributed by atoms with Gasteiger partial charge in [-0.15, -0.1) is 11.8 Å². The molecule has 2 nitrogen and oxygen atoms in total. The number of ether oxygens (including phenoxy) is 1. The standard InChI is InChI=1S/C15H14O2S/c1-17-15-9-12(10-16)7-8-13(15)11-18-14-5-3-2-4-6-14/h2-10H,11H2,1H3. The molecule has 0 aromatic heterocycles. The van der Waals surface area contributed by atoms with Gasteiger partial charge in [-0.05, 0) is 18.2 Å². The van der Waals surface area contributed by atoms with Gasteiger partial charge in [-0.1, -0.05) is 30.3 Å². The average molecular weight is 258 g/mol. The van der Waals surface area contributed by atoms with Crippen molar-refractivity contribution < 1.29 is 9.53 Å². The maximum absolute atomic E-state index is 10.7. The van der Waals surface area contributed by atoms with Crippen LogP contribution in [0.25, 0.3) is 0 Å². The summed E-state index contributed by atoms with van der Waals surface area (Å²) in [7, 11) is 1.63. The van der Waals surface area contributed by atoms with Gasteiger partial charge in [-0.25, -0.2) is 0 Å². The van der Waals surface area contributed by atoms with Crippen molar-refractivity contribution >= 4 is 18.0 Å². The number of methoxy groups -OCH3 is 1. The van der Waals surface area contributed by atoms with Crippen LogP contribution in [0.2, 0.25) is 0 Å². The summed E-state index contributed by atoms with van der Waals surface area (Å²) >= 11 is 1.75. The van der Waals surface area contributed by atoms with E-state index in [9.17, 15) is 4.79 Å². The third kappa shape index (κ3) is 3.14. The first kappa shape index (κ1) is 12.7. The molecule has 0 aliphatic heterocycles. The minimum absolute atomic E-state index is 0.639. The van der Waals surface area contributed by atoms with Gasteiger partial charge in [0, 0.05) is 21.8 Å². The first-order valence-electron chi connectivity index (χ1n) is 5.63. The molecular formula is C15H14O2S. The van der Waals surface area contributed by atoms with Crippen molar-refractivity contribution in [1.82, 2.24) is 0 Å². The zero-order valence-electron chi connectivity index (χ0n) is 10.1. The van der Waals surface area contributed by atoms with Crippen molar-refractivity contribution in [3.63, 3.8) is 0 Å². The molecule has 0 bridgehead atoms. The lowest BCUT2D eigenvalue weighted by atomic mass is 10.1. The molecule has 0 amide bonds. The van der Waals surface area contributed by atoms with E-state index in [2.05, 4.69) is 12.1 Å². The van der Waals surface area contributed by atoms with E-state index in [1.165, 1.54) is 4.90 Å². The molecule has 2 aromatic rings. The third-order valence-electron chi connectivity index (χ3n) is 2.58. The molecule has 0 fully saturated rings. The SMILES string of the molecule is COc1cc(C=O)ccc1CSc1ccccc1. The van der Waals surface area contributed by atoms with Gasteiger partial charge in [0.15, 0.2) is 0 Å². The molecule has 0 radical (unpaired) electrons. The highest BCUT2D eigenvalue weighted by molar-refractivity contribution is 7.98.